The van der Waals surface area contributed by atoms with Crippen LogP contribution in [0.1, 0.15) is 57.8 Å². The molecule has 0 spiro atoms. The first-order valence-corrected chi connectivity index (χ1v) is 7.95. The minimum atomic E-state index is 0.539. The first-order valence-electron chi connectivity index (χ1n) is 7.95. The van der Waals surface area contributed by atoms with Crippen molar-refractivity contribution < 1.29 is 4.74 Å². The third-order valence-electron chi connectivity index (χ3n) is 4.63. The number of hydrogen-bond acceptors (Lipinski definition) is 3. The van der Waals surface area contributed by atoms with Crippen molar-refractivity contribution in [3.63, 3.8) is 0 Å². The summed E-state index contributed by atoms with van der Waals surface area (Å²) in [6.45, 7) is 2.71. The summed E-state index contributed by atoms with van der Waals surface area (Å²) in [7, 11) is 0. The van der Waals surface area contributed by atoms with Crippen LogP contribution in [-0.4, -0.2) is 31.8 Å². The monoisotopic (exact) mass is 254 g/mol. The smallest absolute Gasteiger partial charge is 0.0594 e. The number of rotatable bonds is 6. The minimum Gasteiger partial charge on any atom is -0.377 e. The molecule has 2 rings (SSSR count). The highest BCUT2D eigenvalue weighted by atomic mass is 16.5. The van der Waals surface area contributed by atoms with Gasteiger partial charge in [-0.3, -0.25) is 0 Å². The molecular formula is C15H30N2O. The number of ether oxygens (including phenoxy) is 1. The van der Waals surface area contributed by atoms with Crippen molar-refractivity contribution in [2.24, 2.45) is 11.7 Å². The molecule has 106 valence electrons. The van der Waals surface area contributed by atoms with E-state index < -0.39 is 0 Å². The number of nitrogens with one attached hydrogen (secondary N) is 1. The van der Waals surface area contributed by atoms with E-state index in [-0.39, 0.29) is 0 Å². The molecule has 2 unspecified atom stereocenters. The second-order valence-electron chi connectivity index (χ2n) is 5.97. The van der Waals surface area contributed by atoms with Crippen molar-refractivity contribution in [3.8, 4) is 0 Å². The van der Waals surface area contributed by atoms with Gasteiger partial charge in [-0.2, -0.15) is 0 Å². The molecule has 2 saturated carbocycles. The zero-order valence-electron chi connectivity index (χ0n) is 11.7. The fraction of sp³-hybridized carbons (Fsp3) is 1.00. The van der Waals surface area contributed by atoms with Gasteiger partial charge in [0.2, 0.25) is 0 Å². The van der Waals surface area contributed by atoms with Crippen molar-refractivity contribution in [2.75, 3.05) is 19.7 Å². The van der Waals surface area contributed by atoms with Gasteiger partial charge in [0.15, 0.2) is 0 Å². The van der Waals surface area contributed by atoms with Crippen molar-refractivity contribution in [3.05, 3.63) is 0 Å². The lowest BCUT2D eigenvalue weighted by Gasteiger charge is -2.31. The molecule has 0 aromatic carbocycles. The summed E-state index contributed by atoms with van der Waals surface area (Å²) in [5.41, 5.74) is 5.84. The molecule has 0 bridgehead atoms. The van der Waals surface area contributed by atoms with Crippen molar-refractivity contribution in [1.29, 1.82) is 0 Å². The summed E-state index contributed by atoms with van der Waals surface area (Å²) < 4.78 is 5.95. The molecular weight excluding hydrogens is 224 g/mol. The molecule has 2 aliphatic rings. The van der Waals surface area contributed by atoms with E-state index >= 15 is 0 Å². The van der Waals surface area contributed by atoms with Crippen LogP contribution in [-0.2, 0) is 4.74 Å². The van der Waals surface area contributed by atoms with E-state index in [1.807, 2.05) is 0 Å². The highest BCUT2D eigenvalue weighted by molar-refractivity contribution is 4.81. The first kappa shape index (κ1) is 14.3. The molecule has 2 atom stereocenters. The van der Waals surface area contributed by atoms with Gasteiger partial charge < -0.3 is 15.8 Å². The Labute approximate surface area is 112 Å². The largest absolute Gasteiger partial charge is 0.377 e. The average Bonchev–Trinajstić information content (AvgIpc) is 2.45. The fourth-order valence-corrected chi connectivity index (χ4v) is 3.46. The van der Waals surface area contributed by atoms with E-state index in [1.165, 1.54) is 57.8 Å². The third-order valence-corrected chi connectivity index (χ3v) is 4.63. The molecule has 0 aromatic heterocycles. The van der Waals surface area contributed by atoms with Crippen LogP contribution in [0, 0.1) is 5.92 Å². The van der Waals surface area contributed by atoms with Crippen LogP contribution in [0.3, 0.4) is 0 Å². The lowest BCUT2D eigenvalue weighted by atomic mass is 9.84. The van der Waals surface area contributed by atoms with E-state index in [1.54, 1.807) is 0 Å². The zero-order chi connectivity index (χ0) is 12.6. The summed E-state index contributed by atoms with van der Waals surface area (Å²) in [5.74, 6) is 0.688. The third kappa shape index (κ3) is 4.52. The predicted molar refractivity (Wildman–Crippen MR) is 75.6 cm³/mol. The van der Waals surface area contributed by atoms with Gasteiger partial charge in [0.05, 0.1) is 12.7 Å². The second-order valence-corrected chi connectivity index (χ2v) is 5.97. The molecule has 3 nitrogen and oxygen atoms in total. The Hall–Kier alpha value is -0.120. The van der Waals surface area contributed by atoms with Gasteiger partial charge in [-0.1, -0.05) is 32.1 Å². The molecule has 0 aliphatic heterocycles. The van der Waals surface area contributed by atoms with E-state index in [4.69, 9.17) is 10.5 Å². The van der Waals surface area contributed by atoms with Gasteiger partial charge in [-0.05, 0) is 38.1 Å². The quantitative estimate of drug-likeness (QED) is 0.716. The molecule has 3 heteroatoms. The fourth-order valence-electron chi connectivity index (χ4n) is 3.46. The summed E-state index contributed by atoms with van der Waals surface area (Å²) in [4.78, 5) is 0. The lowest BCUT2D eigenvalue weighted by Crippen LogP contribution is -2.43. The second kappa shape index (κ2) is 8.13. The van der Waals surface area contributed by atoms with Gasteiger partial charge in [-0.15, -0.1) is 0 Å². The summed E-state index contributed by atoms with van der Waals surface area (Å²) in [5, 5.41) is 3.66. The van der Waals surface area contributed by atoms with Crippen molar-refractivity contribution in [1.82, 2.24) is 5.32 Å². The van der Waals surface area contributed by atoms with E-state index in [0.717, 1.165) is 19.7 Å². The molecule has 0 saturated heterocycles. The molecule has 3 N–H and O–H groups in total. The predicted octanol–water partition coefficient (Wildman–Crippen LogP) is 2.44. The lowest BCUT2D eigenvalue weighted by molar-refractivity contribution is 0.0280. The molecule has 0 amide bonds. The summed E-state index contributed by atoms with van der Waals surface area (Å²) in [6, 6.07) is 0.638. The number of hydrogen-bond donors (Lipinski definition) is 2. The Morgan fingerprint density at radius 1 is 0.944 bits per heavy atom. The van der Waals surface area contributed by atoms with Crippen LogP contribution >= 0.6 is 0 Å². The molecule has 0 radical (unpaired) electrons. The van der Waals surface area contributed by atoms with Crippen LogP contribution < -0.4 is 11.1 Å². The van der Waals surface area contributed by atoms with Crippen LogP contribution in [0.5, 0.6) is 0 Å². The molecule has 2 aliphatic carbocycles. The Balaban J connectivity index is 1.56. The first-order chi connectivity index (χ1) is 8.90. The normalized spacial score (nSPS) is 30.5. The Morgan fingerprint density at radius 2 is 1.67 bits per heavy atom. The van der Waals surface area contributed by atoms with E-state index in [0.29, 0.717) is 18.1 Å². The Bertz CT molecular complexity index is 217. The summed E-state index contributed by atoms with van der Waals surface area (Å²) >= 11 is 0. The van der Waals surface area contributed by atoms with E-state index in [9.17, 15) is 0 Å². The van der Waals surface area contributed by atoms with Gasteiger partial charge in [-0.25, -0.2) is 0 Å². The molecule has 18 heavy (non-hydrogen) atoms. The van der Waals surface area contributed by atoms with Crippen molar-refractivity contribution >= 4 is 0 Å². The topological polar surface area (TPSA) is 47.3 Å². The Morgan fingerprint density at radius 3 is 2.44 bits per heavy atom. The van der Waals surface area contributed by atoms with E-state index in [2.05, 4.69) is 5.32 Å². The Kier molecular flexibility index (Phi) is 6.46. The number of nitrogens with two attached hydrogens (primary N) is 1. The van der Waals surface area contributed by atoms with Gasteiger partial charge >= 0.3 is 0 Å². The van der Waals surface area contributed by atoms with Crippen LogP contribution in [0.4, 0.5) is 0 Å². The van der Waals surface area contributed by atoms with Gasteiger partial charge in [0.1, 0.15) is 0 Å². The van der Waals surface area contributed by atoms with Crippen LogP contribution in [0.15, 0.2) is 0 Å². The van der Waals surface area contributed by atoms with Crippen molar-refractivity contribution in [2.45, 2.75) is 69.9 Å². The van der Waals surface area contributed by atoms with Gasteiger partial charge in [0.25, 0.3) is 0 Å². The maximum Gasteiger partial charge on any atom is 0.0594 e. The molecule has 0 aromatic rings. The average molecular weight is 254 g/mol. The maximum absolute atomic E-state index is 5.95. The van der Waals surface area contributed by atoms with Crippen LogP contribution in [0.25, 0.3) is 0 Å². The zero-order valence-corrected chi connectivity index (χ0v) is 11.7. The summed E-state index contributed by atoms with van der Waals surface area (Å²) in [6.07, 6.45) is 12.5. The van der Waals surface area contributed by atoms with Crippen LogP contribution in [0.2, 0.25) is 0 Å². The maximum atomic E-state index is 5.95. The molecule has 2 fully saturated rings. The molecule has 0 heterocycles. The standard InChI is InChI=1S/C15H30N2O/c16-12-13-6-4-5-9-15(13)17-10-11-18-14-7-2-1-3-8-14/h13-15,17H,1-12,16H2. The SMILES string of the molecule is NCC1CCCCC1NCCOC1CCCCC1. The highest BCUT2D eigenvalue weighted by Crippen LogP contribution is 2.23. The minimum absolute atomic E-state index is 0.539. The highest BCUT2D eigenvalue weighted by Gasteiger charge is 2.23. The van der Waals surface area contributed by atoms with Gasteiger partial charge in [0, 0.05) is 12.6 Å².